The van der Waals surface area contributed by atoms with E-state index in [9.17, 15) is 15.2 Å². The van der Waals surface area contributed by atoms with Crippen molar-refractivity contribution in [2.45, 2.75) is 34.2 Å². The third kappa shape index (κ3) is 3.29. The van der Waals surface area contributed by atoms with Crippen molar-refractivity contribution < 1.29 is 9.63 Å². The van der Waals surface area contributed by atoms with Crippen LogP contribution in [0.2, 0.25) is 0 Å². The monoisotopic (exact) mass is 315 g/mol. The molecule has 23 heavy (non-hydrogen) atoms. The van der Waals surface area contributed by atoms with E-state index in [1.54, 1.807) is 19.9 Å². The van der Waals surface area contributed by atoms with Gasteiger partial charge in [0, 0.05) is 18.2 Å². The number of hydrogen-bond donors (Lipinski definition) is 1. The Morgan fingerprint density at radius 3 is 2.65 bits per heavy atom. The highest BCUT2D eigenvalue weighted by Crippen LogP contribution is 2.27. The summed E-state index contributed by atoms with van der Waals surface area (Å²) < 4.78 is 6.01. The van der Waals surface area contributed by atoms with Crippen molar-refractivity contribution in [1.29, 1.82) is 5.26 Å². The zero-order valence-electron chi connectivity index (χ0n) is 13.4. The Balaban J connectivity index is 2.61. The summed E-state index contributed by atoms with van der Waals surface area (Å²) in [6, 6.07) is 3.47. The van der Waals surface area contributed by atoms with E-state index in [1.807, 2.05) is 19.9 Å². The maximum atomic E-state index is 12.5. The molecule has 0 spiro atoms. The normalized spacial score (nSPS) is 11.3. The van der Waals surface area contributed by atoms with Gasteiger partial charge in [0.15, 0.2) is 5.69 Å². The number of hydrogen-bond acceptors (Lipinski definition) is 7. The van der Waals surface area contributed by atoms with Crippen LogP contribution in [0.3, 0.4) is 0 Å². The molecule has 8 nitrogen and oxygen atoms in total. The molecule has 0 aromatic carbocycles. The Hall–Kier alpha value is -2.95. The van der Waals surface area contributed by atoms with Crippen molar-refractivity contribution in [2.24, 2.45) is 16.1 Å². The van der Waals surface area contributed by atoms with E-state index in [4.69, 9.17) is 4.52 Å². The van der Waals surface area contributed by atoms with Gasteiger partial charge in [-0.15, -0.1) is 10.2 Å². The molecule has 2 aromatic heterocycles. The molecule has 0 aliphatic heterocycles. The molecule has 120 valence electrons. The molecule has 0 unspecified atom stereocenters. The van der Waals surface area contributed by atoms with Gasteiger partial charge in [0.25, 0.3) is 5.56 Å². The molecule has 0 bridgehead atoms. The Morgan fingerprint density at radius 1 is 1.43 bits per heavy atom. The van der Waals surface area contributed by atoms with Gasteiger partial charge in [-0.05, 0) is 19.8 Å². The van der Waals surface area contributed by atoms with Crippen molar-refractivity contribution in [3.05, 3.63) is 33.3 Å². The average Bonchev–Trinajstić information content (AvgIpc) is 2.89. The fourth-order valence-electron chi connectivity index (χ4n) is 2.09. The number of azo groups is 1. The topological polar surface area (TPSA) is 117 Å². The van der Waals surface area contributed by atoms with Gasteiger partial charge in [0.1, 0.15) is 17.4 Å². The highest BCUT2D eigenvalue weighted by Gasteiger charge is 2.19. The summed E-state index contributed by atoms with van der Waals surface area (Å²) in [5.41, 5.74) is -0.216. The first kappa shape index (κ1) is 16.4. The Labute approximate surface area is 132 Å². The highest BCUT2D eigenvalue weighted by atomic mass is 16.5. The third-order valence-corrected chi connectivity index (χ3v) is 3.18. The number of rotatable bonds is 4. The Bertz CT molecular complexity index is 855. The van der Waals surface area contributed by atoms with Crippen LogP contribution in [-0.2, 0) is 6.54 Å². The summed E-state index contributed by atoms with van der Waals surface area (Å²) in [6.45, 7) is 7.32. The second kappa shape index (κ2) is 6.44. The molecule has 8 heteroatoms. The second-order valence-electron chi connectivity index (χ2n) is 5.59. The first-order valence-electron chi connectivity index (χ1n) is 7.06. The van der Waals surface area contributed by atoms with Gasteiger partial charge in [0.05, 0.1) is 0 Å². The molecule has 2 rings (SSSR count). The van der Waals surface area contributed by atoms with E-state index in [-0.39, 0.29) is 41.0 Å². The lowest BCUT2D eigenvalue weighted by Gasteiger charge is -2.14. The maximum Gasteiger partial charge on any atom is 0.281 e. The zero-order valence-corrected chi connectivity index (χ0v) is 13.4. The second-order valence-corrected chi connectivity index (χ2v) is 5.59. The van der Waals surface area contributed by atoms with E-state index < -0.39 is 5.56 Å². The van der Waals surface area contributed by atoms with Gasteiger partial charge >= 0.3 is 0 Å². The number of aromatic hydroxyl groups is 1. The van der Waals surface area contributed by atoms with E-state index in [0.29, 0.717) is 5.76 Å². The summed E-state index contributed by atoms with van der Waals surface area (Å²) in [6.07, 6.45) is 0. The summed E-state index contributed by atoms with van der Waals surface area (Å²) >= 11 is 0. The van der Waals surface area contributed by atoms with Gasteiger partial charge in [-0.3, -0.25) is 9.36 Å². The minimum absolute atomic E-state index is 0.000605. The van der Waals surface area contributed by atoms with Gasteiger partial charge in [0.2, 0.25) is 11.7 Å². The summed E-state index contributed by atoms with van der Waals surface area (Å²) in [5.74, 6) is 0.551. The van der Waals surface area contributed by atoms with Crippen molar-refractivity contribution in [3.63, 3.8) is 0 Å². The van der Waals surface area contributed by atoms with Crippen LogP contribution in [0.25, 0.3) is 0 Å². The molecule has 0 radical (unpaired) electrons. The molecule has 0 atom stereocenters. The molecular formula is C15H17N5O3. The standard InChI is InChI=1S/C15H17N5O3/c1-8(2)7-20-14(21)11(6-16)10(4)13(15(20)22)18-17-12-5-9(3)23-19-12/h5,8,21H,7H2,1-4H3. The number of aromatic nitrogens is 2. The predicted octanol–water partition coefficient (Wildman–Crippen LogP) is 3.10. The molecule has 0 aliphatic rings. The van der Waals surface area contributed by atoms with E-state index in [2.05, 4.69) is 15.4 Å². The van der Waals surface area contributed by atoms with Crippen molar-refractivity contribution in [1.82, 2.24) is 9.72 Å². The number of nitriles is 1. The van der Waals surface area contributed by atoms with Crippen LogP contribution < -0.4 is 5.56 Å². The largest absolute Gasteiger partial charge is 0.493 e. The lowest BCUT2D eigenvalue weighted by atomic mass is 10.1. The molecule has 0 saturated carbocycles. The fourth-order valence-corrected chi connectivity index (χ4v) is 2.09. The quantitative estimate of drug-likeness (QED) is 0.870. The first-order valence-corrected chi connectivity index (χ1v) is 7.06. The van der Waals surface area contributed by atoms with Crippen LogP contribution in [0.4, 0.5) is 11.5 Å². The lowest BCUT2D eigenvalue weighted by molar-refractivity contribution is 0.381. The van der Waals surface area contributed by atoms with Gasteiger partial charge < -0.3 is 9.63 Å². The first-order chi connectivity index (χ1) is 10.8. The Kier molecular flexibility index (Phi) is 4.60. The molecule has 2 heterocycles. The van der Waals surface area contributed by atoms with Gasteiger partial charge in [-0.1, -0.05) is 19.0 Å². The number of aryl methyl sites for hydroxylation is 1. The van der Waals surface area contributed by atoms with Crippen LogP contribution in [-0.4, -0.2) is 14.8 Å². The molecule has 0 aliphatic carbocycles. The molecule has 0 amide bonds. The molecule has 0 fully saturated rings. The summed E-state index contributed by atoms with van der Waals surface area (Å²) in [5, 5.41) is 30.8. The number of pyridine rings is 1. The van der Waals surface area contributed by atoms with E-state index in [1.165, 1.54) is 0 Å². The SMILES string of the molecule is Cc1cc(N=Nc2c(C)c(C#N)c(O)n(CC(C)C)c2=O)no1. The van der Waals surface area contributed by atoms with Crippen LogP contribution in [0, 0.1) is 31.1 Å². The predicted molar refractivity (Wildman–Crippen MR) is 82.1 cm³/mol. The highest BCUT2D eigenvalue weighted by molar-refractivity contribution is 5.56. The Morgan fingerprint density at radius 2 is 2.13 bits per heavy atom. The van der Waals surface area contributed by atoms with E-state index in [0.717, 1.165) is 4.57 Å². The molecule has 2 aromatic rings. The van der Waals surface area contributed by atoms with Crippen molar-refractivity contribution >= 4 is 11.5 Å². The van der Waals surface area contributed by atoms with Crippen molar-refractivity contribution in [2.75, 3.05) is 0 Å². The zero-order chi connectivity index (χ0) is 17.1. The fraction of sp³-hybridized carbons (Fsp3) is 0.400. The van der Waals surface area contributed by atoms with Crippen LogP contribution in [0.5, 0.6) is 5.88 Å². The lowest BCUT2D eigenvalue weighted by Crippen LogP contribution is -2.24. The third-order valence-electron chi connectivity index (χ3n) is 3.18. The summed E-state index contributed by atoms with van der Waals surface area (Å²) in [4.78, 5) is 12.5. The smallest absolute Gasteiger partial charge is 0.281 e. The van der Waals surface area contributed by atoms with Crippen molar-refractivity contribution in [3.8, 4) is 11.9 Å². The molecule has 0 saturated heterocycles. The maximum absolute atomic E-state index is 12.5. The molecule has 1 N–H and O–H groups in total. The van der Waals surface area contributed by atoms with Gasteiger partial charge in [-0.25, -0.2) is 0 Å². The molecular weight excluding hydrogens is 298 g/mol. The van der Waals surface area contributed by atoms with Crippen LogP contribution in [0.15, 0.2) is 25.6 Å². The minimum atomic E-state index is -0.503. The minimum Gasteiger partial charge on any atom is -0.493 e. The van der Waals surface area contributed by atoms with Gasteiger partial charge in [-0.2, -0.15) is 5.26 Å². The number of nitrogens with zero attached hydrogens (tertiary/aromatic N) is 5. The van der Waals surface area contributed by atoms with Crippen LogP contribution >= 0.6 is 0 Å². The average molecular weight is 315 g/mol. The van der Waals surface area contributed by atoms with Crippen LogP contribution in [0.1, 0.15) is 30.7 Å². The van der Waals surface area contributed by atoms with E-state index >= 15 is 0 Å². The summed E-state index contributed by atoms with van der Waals surface area (Å²) in [7, 11) is 0.